The second-order valence-electron chi connectivity index (χ2n) is 5.27. The van der Waals surface area contributed by atoms with Gasteiger partial charge >= 0.3 is 0 Å². The van der Waals surface area contributed by atoms with Gasteiger partial charge in [0, 0.05) is 13.6 Å². The molecule has 1 heterocycles. The van der Waals surface area contributed by atoms with Gasteiger partial charge in [-0.15, -0.1) is 0 Å². The standard InChI is InChI=1S/C15H22N2O3/c1-11-3-5-13(6-4-11)20-8-7-17(2)15(19)14-9-12(18)10-16-14/h3-6,12,14,16,18H,7-10H2,1-2H3/t12-,14+/m1/s1. The Morgan fingerprint density at radius 2 is 2.15 bits per heavy atom. The topological polar surface area (TPSA) is 61.8 Å². The van der Waals surface area contributed by atoms with Crippen molar-refractivity contribution in [3.8, 4) is 5.75 Å². The number of amides is 1. The summed E-state index contributed by atoms with van der Waals surface area (Å²) in [6.07, 6.45) is 0.0725. The van der Waals surface area contributed by atoms with Crippen LogP contribution in [0.1, 0.15) is 12.0 Å². The Balaban J connectivity index is 1.73. The number of rotatable bonds is 5. The Labute approximate surface area is 119 Å². The number of β-amino-alcohol motifs (C(OH)–C–C–N with tert-alkyl or cyclic N) is 1. The monoisotopic (exact) mass is 278 g/mol. The van der Waals surface area contributed by atoms with Crippen LogP contribution in [-0.4, -0.2) is 54.8 Å². The average molecular weight is 278 g/mol. The van der Waals surface area contributed by atoms with E-state index in [0.29, 0.717) is 26.1 Å². The zero-order valence-corrected chi connectivity index (χ0v) is 12.0. The molecule has 0 saturated carbocycles. The molecule has 20 heavy (non-hydrogen) atoms. The molecule has 5 heteroatoms. The van der Waals surface area contributed by atoms with Crippen molar-refractivity contribution in [1.82, 2.24) is 10.2 Å². The average Bonchev–Trinajstić information content (AvgIpc) is 2.86. The number of aryl methyl sites for hydroxylation is 1. The van der Waals surface area contributed by atoms with E-state index in [2.05, 4.69) is 5.32 Å². The van der Waals surface area contributed by atoms with E-state index < -0.39 is 6.10 Å². The van der Waals surface area contributed by atoms with Crippen molar-refractivity contribution in [1.29, 1.82) is 0 Å². The second kappa shape index (κ2) is 6.72. The molecule has 110 valence electrons. The number of benzene rings is 1. The van der Waals surface area contributed by atoms with Crippen molar-refractivity contribution < 1.29 is 14.6 Å². The van der Waals surface area contributed by atoms with Crippen molar-refractivity contribution in [2.75, 3.05) is 26.7 Å². The van der Waals surface area contributed by atoms with Crippen LogP contribution in [-0.2, 0) is 4.79 Å². The minimum atomic E-state index is -0.416. The molecule has 1 aromatic carbocycles. The molecule has 0 spiro atoms. The lowest BCUT2D eigenvalue weighted by molar-refractivity contribution is -0.132. The lowest BCUT2D eigenvalue weighted by atomic mass is 10.2. The number of aliphatic hydroxyl groups excluding tert-OH is 1. The molecular weight excluding hydrogens is 256 g/mol. The van der Waals surface area contributed by atoms with Gasteiger partial charge in [-0.05, 0) is 25.5 Å². The number of nitrogens with one attached hydrogen (secondary N) is 1. The van der Waals surface area contributed by atoms with E-state index in [1.54, 1.807) is 11.9 Å². The van der Waals surface area contributed by atoms with Gasteiger partial charge < -0.3 is 20.1 Å². The molecule has 0 aromatic heterocycles. The van der Waals surface area contributed by atoms with Gasteiger partial charge in [0.15, 0.2) is 0 Å². The molecular formula is C15H22N2O3. The van der Waals surface area contributed by atoms with Gasteiger partial charge in [-0.2, -0.15) is 0 Å². The zero-order valence-electron chi connectivity index (χ0n) is 12.0. The summed E-state index contributed by atoms with van der Waals surface area (Å²) in [7, 11) is 1.76. The van der Waals surface area contributed by atoms with E-state index in [1.807, 2.05) is 31.2 Å². The van der Waals surface area contributed by atoms with Crippen LogP contribution in [0.2, 0.25) is 0 Å². The summed E-state index contributed by atoms with van der Waals surface area (Å²) in [6, 6.07) is 7.56. The van der Waals surface area contributed by atoms with Crippen molar-refractivity contribution in [3.05, 3.63) is 29.8 Å². The Hall–Kier alpha value is -1.59. The summed E-state index contributed by atoms with van der Waals surface area (Å²) in [5, 5.41) is 12.4. The van der Waals surface area contributed by atoms with Gasteiger partial charge in [-0.1, -0.05) is 17.7 Å². The summed E-state index contributed by atoms with van der Waals surface area (Å²) in [5.41, 5.74) is 1.19. The first-order valence-electron chi connectivity index (χ1n) is 6.92. The predicted molar refractivity (Wildman–Crippen MR) is 76.7 cm³/mol. The molecule has 1 amide bonds. The molecule has 2 atom stereocenters. The number of aliphatic hydroxyl groups is 1. The van der Waals surface area contributed by atoms with E-state index in [1.165, 1.54) is 5.56 Å². The summed E-state index contributed by atoms with van der Waals surface area (Å²) >= 11 is 0. The predicted octanol–water partition coefficient (Wildman–Crippen LogP) is 0.555. The summed E-state index contributed by atoms with van der Waals surface area (Å²) in [5.74, 6) is 0.819. The number of carbonyl (C=O) groups excluding carboxylic acids is 1. The largest absolute Gasteiger partial charge is 0.492 e. The van der Waals surface area contributed by atoms with Crippen LogP contribution in [0.25, 0.3) is 0 Å². The van der Waals surface area contributed by atoms with E-state index >= 15 is 0 Å². The molecule has 2 N–H and O–H groups in total. The van der Waals surface area contributed by atoms with E-state index in [-0.39, 0.29) is 11.9 Å². The van der Waals surface area contributed by atoms with Crippen molar-refractivity contribution in [2.24, 2.45) is 0 Å². The molecule has 1 fully saturated rings. The van der Waals surface area contributed by atoms with Crippen LogP contribution in [0.4, 0.5) is 0 Å². The van der Waals surface area contributed by atoms with Crippen LogP contribution < -0.4 is 10.1 Å². The number of hydrogen-bond donors (Lipinski definition) is 2. The minimum absolute atomic E-state index is 0.00839. The van der Waals surface area contributed by atoms with Crippen LogP contribution in [0.15, 0.2) is 24.3 Å². The highest BCUT2D eigenvalue weighted by atomic mass is 16.5. The van der Waals surface area contributed by atoms with Crippen molar-refractivity contribution >= 4 is 5.91 Å². The van der Waals surface area contributed by atoms with Gasteiger partial charge in [-0.25, -0.2) is 0 Å². The zero-order chi connectivity index (χ0) is 14.5. The Morgan fingerprint density at radius 3 is 2.75 bits per heavy atom. The summed E-state index contributed by atoms with van der Waals surface area (Å²) in [6.45, 7) is 3.50. The number of ether oxygens (including phenoxy) is 1. The smallest absolute Gasteiger partial charge is 0.239 e. The maximum Gasteiger partial charge on any atom is 0.239 e. The van der Waals surface area contributed by atoms with Crippen LogP contribution in [0, 0.1) is 6.92 Å². The summed E-state index contributed by atoms with van der Waals surface area (Å²) in [4.78, 5) is 13.7. The first-order valence-corrected chi connectivity index (χ1v) is 6.92. The third kappa shape index (κ3) is 3.95. The van der Waals surface area contributed by atoms with Crippen molar-refractivity contribution in [3.63, 3.8) is 0 Å². The van der Waals surface area contributed by atoms with Gasteiger partial charge in [0.2, 0.25) is 5.91 Å². The number of likely N-dealkylation sites (N-methyl/N-ethyl adjacent to an activating group) is 1. The third-order valence-electron chi connectivity index (χ3n) is 3.50. The molecule has 0 aliphatic carbocycles. The van der Waals surface area contributed by atoms with Gasteiger partial charge in [-0.3, -0.25) is 4.79 Å². The normalized spacial score (nSPS) is 21.8. The van der Waals surface area contributed by atoms with Gasteiger partial charge in [0.1, 0.15) is 12.4 Å². The third-order valence-corrected chi connectivity index (χ3v) is 3.50. The SMILES string of the molecule is Cc1ccc(OCCN(C)C(=O)[C@@H]2C[C@@H](O)CN2)cc1. The first kappa shape index (κ1) is 14.8. The number of carbonyl (C=O) groups is 1. The second-order valence-corrected chi connectivity index (χ2v) is 5.27. The quantitative estimate of drug-likeness (QED) is 0.826. The molecule has 0 unspecified atom stereocenters. The van der Waals surface area contributed by atoms with E-state index in [9.17, 15) is 9.90 Å². The highest BCUT2D eigenvalue weighted by molar-refractivity contribution is 5.82. The van der Waals surface area contributed by atoms with Crippen molar-refractivity contribution in [2.45, 2.75) is 25.5 Å². The van der Waals surface area contributed by atoms with Gasteiger partial charge in [0.05, 0.1) is 18.7 Å². The maximum atomic E-state index is 12.1. The highest BCUT2D eigenvalue weighted by Crippen LogP contribution is 2.12. The van der Waals surface area contributed by atoms with Crippen LogP contribution in [0.3, 0.4) is 0 Å². The number of nitrogens with zero attached hydrogens (tertiary/aromatic N) is 1. The molecule has 1 aromatic rings. The first-order chi connectivity index (χ1) is 9.56. The van der Waals surface area contributed by atoms with Crippen LogP contribution in [0.5, 0.6) is 5.75 Å². The Kier molecular flexibility index (Phi) is 4.98. The molecule has 1 saturated heterocycles. The minimum Gasteiger partial charge on any atom is -0.492 e. The molecule has 1 aliphatic heterocycles. The highest BCUT2D eigenvalue weighted by Gasteiger charge is 2.29. The van der Waals surface area contributed by atoms with Gasteiger partial charge in [0.25, 0.3) is 0 Å². The summed E-state index contributed by atoms with van der Waals surface area (Å²) < 4.78 is 5.60. The Morgan fingerprint density at radius 1 is 1.45 bits per heavy atom. The van der Waals surface area contributed by atoms with Crippen LogP contribution >= 0.6 is 0 Å². The van der Waals surface area contributed by atoms with E-state index in [4.69, 9.17) is 4.74 Å². The fourth-order valence-corrected chi connectivity index (χ4v) is 2.22. The molecule has 5 nitrogen and oxygen atoms in total. The molecule has 0 radical (unpaired) electrons. The fourth-order valence-electron chi connectivity index (χ4n) is 2.22. The molecule has 2 rings (SSSR count). The number of hydrogen-bond acceptors (Lipinski definition) is 4. The lowest BCUT2D eigenvalue weighted by Gasteiger charge is -2.21. The Bertz CT molecular complexity index is 447. The lowest BCUT2D eigenvalue weighted by Crippen LogP contribution is -2.43. The fraction of sp³-hybridized carbons (Fsp3) is 0.533. The van der Waals surface area contributed by atoms with E-state index in [0.717, 1.165) is 5.75 Å². The molecule has 1 aliphatic rings. The molecule has 0 bridgehead atoms. The maximum absolute atomic E-state index is 12.1.